The predicted octanol–water partition coefficient (Wildman–Crippen LogP) is 3.02. The second-order valence-electron chi connectivity index (χ2n) is 8.65. The topological polar surface area (TPSA) is 104 Å². The van der Waals surface area contributed by atoms with Crippen LogP contribution in [-0.4, -0.2) is 51.0 Å². The monoisotopic (exact) mass is 433 g/mol. The summed E-state index contributed by atoms with van der Waals surface area (Å²) in [5.41, 5.74) is 0.995. The summed E-state index contributed by atoms with van der Waals surface area (Å²) in [7, 11) is 0. The van der Waals surface area contributed by atoms with Gasteiger partial charge in [0.15, 0.2) is 11.6 Å². The standard InChI is InChI=1S/C24H27N5O3/c30-23(20-7-4-14-32-20)25-19(15-16-5-2-1-3-6-16)24(31)29-12-10-18(11-13-29)22-26-21(27-28-22)17-8-9-17/h1-7,14,17-19H,8-13,15H2,(H,25,30)(H,26,27,28). The van der Waals surface area contributed by atoms with E-state index in [1.165, 1.54) is 19.1 Å². The van der Waals surface area contributed by atoms with Gasteiger partial charge in [-0.05, 0) is 43.4 Å². The molecule has 1 aliphatic heterocycles. The van der Waals surface area contributed by atoms with E-state index in [0.29, 0.717) is 25.4 Å². The summed E-state index contributed by atoms with van der Waals surface area (Å²) in [5, 5.41) is 10.4. The van der Waals surface area contributed by atoms with Crippen LogP contribution < -0.4 is 5.32 Å². The third-order valence-electron chi connectivity index (χ3n) is 6.29. The molecule has 1 unspecified atom stereocenters. The van der Waals surface area contributed by atoms with Crippen LogP contribution in [0.1, 0.15) is 65.3 Å². The number of H-pyrrole nitrogens is 1. The summed E-state index contributed by atoms with van der Waals surface area (Å²) in [6, 6.07) is 12.3. The van der Waals surface area contributed by atoms with Gasteiger partial charge in [0.2, 0.25) is 5.91 Å². The van der Waals surface area contributed by atoms with Gasteiger partial charge in [0, 0.05) is 31.3 Å². The fourth-order valence-electron chi connectivity index (χ4n) is 4.28. The first kappa shape index (κ1) is 20.5. The third kappa shape index (κ3) is 4.59. The number of carbonyl (C=O) groups is 2. The van der Waals surface area contributed by atoms with E-state index in [1.807, 2.05) is 35.2 Å². The van der Waals surface area contributed by atoms with Crippen LogP contribution in [0.25, 0.3) is 0 Å². The van der Waals surface area contributed by atoms with Gasteiger partial charge in [-0.3, -0.25) is 14.7 Å². The largest absolute Gasteiger partial charge is 0.459 e. The molecule has 32 heavy (non-hydrogen) atoms. The minimum Gasteiger partial charge on any atom is -0.459 e. The number of furan rings is 1. The minimum atomic E-state index is -0.654. The maximum absolute atomic E-state index is 13.4. The van der Waals surface area contributed by atoms with E-state index in [2.05, 4.69) is 20.5 Å². The van der Waals surface area contributed by atoms with Crippen molar-refractivity contribution in [3.8, 4) is 0 Å². The lowest BCUT2D eigenvalue weighted by Crippen LogP contribution is -2.51. The highest BCUT2D eigenvalue weighted by Crippen LogP contribution is 2.38. The number of hydrogen-bond acceptors (Lipinski definition) is 5. The maximum atomic E-state index is 13.4. The molecule has 0 bridgehead atoms. The predicted molar refractivity (Wildman–Crippen MR) is 117 cm³/mol. The summed E-state index contributed by atoms with van der Waals surface area (Å²) >= 11 is 0. The van der Waals surface area contributed by atoms with E-state index >= 15 is 0 Å². The SMILES string of the molecule is O=C(NC(Cc1ccccc1)C(=O)N1CCC(c2nc(C3CC3)n[nH]2)CC1)c1ccco1. The van der Waals surface area contributed by atoms with Crippen LogP contribution in [0, 0.1) is 0 Å². The molecule has 5 rings (SSSR count). The summed E-state index contributed by atoms with van der Waals surface area (Å²) < 4.78 is 5.20. The Morgan fingerprint density at radius 3 is 2.53 bits per heavy atom. The highest BCUT2D eigenvalue weighted by Gasteiger charge is 2.33. The number of aromatic nitrogens is 3. The molecule has 1 atom stereocenters. The summed E-state index contributed by atoms with van der Waals surface area (Å²) in [6.45, 7) is 1.26. The number of rotatable bonds is 7. The number of piperidine rings is 1. The summed E-state index contributed by atoms with van der Waals surface area (Å²) in [6.07, 6.45) is 5.89. The van der Waals surface area contributed by atoms with Gasteiger partial charge in [0.1, 0.15) is 11.9 Å². The van der Waals surface area contributed by atoms with Gasteiger partial charge in [-0.1, -0.05) is 30.3 Å². The molecule has 1 saturated carbocycles. The number of aromatic amines is 1. The van der Waals surface area contributed by atoms with Crippen LogP contribution in [0.5, 0.6) is 0 Å². The van der Waals surface area contributed by atoms with Crippen molar-refractivity contribution in [1.29, 1.82) is 0 Å². The zero-order chi connectivity index (χ0) is 21.9. The molecule has 0 spiro atoms. The van der Waals surface area contributed by atoms with E-state index in [-0.39, 0.29) is 23.5 Å². The van der Waals surface area contributed by atoms with E-state index in [0.717, 1.165) is 30.1 Å². The molecule has 8 nitrogen and oxygen atoms in total. The van der Waals surface area contributed by atoms with Gasteiger partial charge in [0.25, 0.3) is 5.91 Å². The Kier molecular flexibility index (Phi) is 5.75. The highest BCUT2D eigenvalue weighted by molar-refractivity contribution is 5.95. The molecule has 2 aliphatic rings. The Labute approximate surface area is 186 Å². The lowest BCUT2D eigenvalue weighted by Gasteiger charge is -2.33. The van der Waals surface area contributed by atoms with Crippen LogP contribution in [0.3, 0.4) is 0 Å². The van der Waals surface area contributed by atoms with Crippen LogP contribution in [0.15, 0.2) is 53.1 Å². The molecule has 1 saturated heterocycles. The van der Waals surface area contributed by atoms with Gasteiger partial charge < -0.3 is 14.6 Å². The van der Waals surface area contributed by atoms with Gasteiger partial charge in [-0.2, -0.15) is 5.10 Å². The molecule has 3 aromatic rings. The Hall–Kier alpha value is -3.42. The van der Waals surface area contributed by atoms with Crippen molar-refractivity contribution in [3.05, 3.63) is 71.7 Å². The first-order valence-electron chi connectivity index (χ1n) is 11.3. The summed E-state index contributed by atoms with van der Waals surface area (Å²) in [4.78, 5) is 32.5. The van der Waals surface area contributed by atoms with Crippen molar-refractivity contribution >= 4 is 11.8 Å². The van der Waals surface area contributed by atoms with Gasteiger partial charge in [-0.15, -0.1) is 0 Å². The zero-order valence-corrected chi connectivity index (χ0v) is 17.9. The van der Waals surface area contributed by atoms with Crippen LogP contribution in [0.4, 0.5) is 0 Å². The first-order valence-corrected chi connectivity index (χ1v) is 11.3. The van der Waals surface area contributed by atoms with Crippen molar-refractivity contribution in [1.82, 2.24) is 25.4 Å². The summed E-state index contributed by atoms with van der Waals surface area (Å²) in [5.74, 6) is 2.43. The van der Waals surface area contributed by atoms with Gasteiger partial charge >= 0.3 is 0 Å². The lowest BCUT2D eigenvalue weighted by molar-refractivity contribution is -0.134. The molecule has 1 aliphatic carbocycles. The fourth-order valence-corrected chi connectivity index (χ4v) is 4.28. The molecule has 3 heterocycles. The fraction of sp³-hybridized carbons (Fsp3) is 0.417. The third-order valence-corrected chi connectivity index (χ3v) is 6.29. The molecule has 8 heteroatoms. The Balaban J connectivity index is 1.24. The van der Waals surface area contributed by atoms with E-state index in [4.69, 9.17) is 4.42 Å². The number of hydrogen-bond donors (Lipinski definition) is 2. The smallest absolute Gasteiger partial charge is 0.287 e. The van der Waals surface area contributed by atoms with Crippen molar-refractivity contribution in [2.75, 3.05) is 13.1 Å². The zero-order valence-electron chi connectivity index (χ0n) is 17.9. The molecule has 2 fully saturated rings. The quantitative estimate of drug-likeness (QED) is 0.596. The van der Waals surface area contributed by atoms with Gasteiger partial charge in [0.05, 0.1) is 6.26 Å². The number of nitrogens with one attached hydrogen (secondary N) is 2. The average Bonchev–Trinajstić information content (AvgIpc) is 3.31. The van der Waals surface area contributed by atoms with Crippen molar-refractivity contribution in [2.24, 2.45) is 0 Å². The van der Waals surface area contributed by atoms with Crippen LogP contribution in [0.2, 0.25) is 0 Å². The molecule has 0 radical (unpaired) electrons. The molecule has 2 N–H and O–H groups in total. The molecule has 2 aromatic heterocycles. The normalized spacial score (nSPS) is 17.8. The molecule has 2 amide bonds. The number of nitrogens with zero attached hydrogens (tertiary/aromatic N) is 3. The van der Waals surface area contributed by atoms with Gasteiger partial charge in [-0.25, -0.2) is 4.98 Å². The molecule has 166 valence electrons. The van der Waals surface area contributed by atoms with E-state index in [1.54, 1.807) is 12.1 Å². The van der Waals surface area contributed by atoms with E-state index in [9.17, 15) is 9.59 Å². The molecular weight excluding hydrogens is 406 g/mol. The maximum Gasteiger partial charge on any atom is 0.287 e. The second kappa shape index (κ2) is 8.98. The van der Waals surface area contributed by atoms with Crippen LogP contribution >= 0.6 is 0 Å². The number of carbonyl (C=O) groups excluding carboxylic acids is 2. The molecule has 1 aromatic carbocycles. The first-order chi connectivity index (χ1) is 15.7. The number of likely N-dealkylation sites (tertiary alicyclic amines) is 1. The Bertz CT molecular complexity index is 1050. The van der Waals surface area contributed by atoms with Crippen molar-refractivity contribution in [2.45, 2.75) is 50.0 Å². The second-order valence-corrected chi connectivity index (χ2v) is 8.65. The van der Waals surface area contributed by atoms with E-state index < -0.39 is 6.04 Å². The van der Waals surface area contributed by atoms with Crippen LogP contribution in [-0.2, 0) is 11.2 Å². The Morgan fingerprint density at radius 2 is 1.84 bits per heavy atom. The van der Waals surface area contributed by atoms with Crippen molar-refractivity contribution in [3.63, 3.8) is 0 Å². The minimum absolute atomic E-state index is 0.0663. The number of benzene rings is 1. The lowest BCUT2D eigenvalue weighted by atomic mass is 9.95. The number of amides is 2. The molecular formula is C24H27N5O3. The highest BCUT2D eigenvalue weighted by atomic mass is 16.3. The average molecular weight is 434 g/mol. The Morgan fingerprint density at radius 1 is 1.06 bits per heavy atom. The van der Waals surface area contributed by atoms with Crippen molar-refractivity contribution < 1.29 is 14.0 Å².